The molecule has 2 nitrogen and oxygen atoms in total. The van der Waals surface area contributed by atoms with Crippen LogP contribution in [0.15, 0.2) is 18.2 Å². The van der Waals surface area contributed by atoms with Crippen molar-refractivity contribution in [1.82, 2.24) is 0 Å². The molecule has 0 aliphatic rings. The maximum absolute atomic E-state index is 12.5. The van der Waals surface area contributed by atoms with Crippen LogP contribution in [0.1, 0.15) is 5.56 Å². The van der Waals surface area contributed by atoms with Crippen LogP contribution in [-0.4, -0.2) is 35.3 Å². The van der Waals surface area contributed by atoms with Gasteiger partial charge in [0, 0.05) is 0 Å². The van der Waals surface area contributed by atoms with Crippen molar-refractivity contribution in [2.45, 2.75) is 0 Å². The van der Waals surface area contributed by atoms with Crippen molar-refractivity contribution in [2.24, 2.45) is 0 Å². The van der Waals surface area contributed by atoms with Gasteiger partial charge in [-0.15, -0.1) is 0 Å². The van der Waals surface area contributed by atoms with Crippen LogP contribution in [0.4, 0.5) is 25.7 Å². The monoisotopic (exact) mass is 394 g/mol. The zero-order valence-electron chi connectivity index (χ0n) is 8.10. The number of aliphatic hydroxyl groups excluding tert-OH is 1. The van der Waals surface area contributed by atoms with Crippen LogP contribution in [-0.2, 0) is 0 Å². The Kier molecular flexibility index (Phi) is 4.00. The number of carboxylic acid groups (broad SMARTS) is 1. The molecule has 1 rings (SSSR count). The van der Waals surface area contributed by atoms with Crippen molar-refractivity contribution in [3.05, 3.63) is 35.4 Å². The summed E-state index contributed by atoms with van der Waals surface area (Å²) in [6.07, 6.45) is 0. The Labute approximate surface area is 96.7 Å². The Morgan fingerprint density at radius 1 is 0.944 bits per heavy atom. The molecule has 1 aromatic carbocycles. The molecule has 0 aromatic heterocycles. The van der Waals surface area contributed by atoms with E-state index >= 15 is 0 Å². The summed E-state index contributed by atoms with van der Waals surface area (Å²) in [5.74, 6) is -3.34. The molecule has 1 aromatic rings. The standard InChI is InChI=1S/C7H4F2O2.6FH.Sb/c8-4-2-1-3-5(9)6(4)7(10)11;;;;;;;/h1-3H,(H,10,11);6*1H;/q;;;;;;;+5/p-5. The summed E-state index contributed by atoms with van der Waals surface area (Å²) in [6.45, 7) is 0. The molecule has 2 N–H and O–H groups in total. The van der Waals surface area contributed by atoms with E-state index in [1.807, 2.05) is 0 Å². The summed E-state index contributed by atoms with van der Waals surface area (Å²) in [7, 11) is 0. The third-order valence-corrected chi connectivity index (χ3v) is 1.19. The van der Waals surface area contributed by atoms with Gasteiger partial charge in [-0.05, 0) is 12.1 Å². The second kappa shape index (κ2) is 4.25. The Bertz CT molecular complexity index is 433. The van der Waals surface area contributed by atoms with Crippen molar-refractivity contribution < 1.29 is 35.6 Å². The van der Waals surface area contributed by atoms with E-state index in [1.54, 1.807) is 0 Å². The minimum atomic E-state index is -11.2. The van der Waals surface area contributed by atoms with Crippen molar-refractivity contribution in [3.8, 4) is 0 Å². The van der Waals surface area contributed by atoms with E-state index in [0.717, 1.165) is 18.2 Å². The summed E-state index contributed by atoms with van der Waals surface area (Å²) in [6, 6.07) is 3.01. The Balaban J connectivity index is 0.000000360. The molecule has 0 saturated carbocycles. The molecular weight excluding hydrogens is 390 g/mol. The molecule has 0 bridgehead atoms. The Morgan fingerprint density at radius 2 is 1.22 bits per heavy atom. The van der Waals surface area contributed by atoms with E-state index in [9.17, 15) is 25.7 Å². The molecule has 0 aliphatic carbocycles. The van der Waals surface area contributed by atoms with Crippen molar-refractivity contribution in [1.29, 1.82) is 0 Å². The van der Waals surface area contributed by atoms with Gasteiger partial charge in [-0.1, -0.05) is 6.07 Å². The van der Waals surface area contributed by atoms with Crippen molar-refractivity contribution >= 4 is 25.4 Å². The second-order valence-electron chi connectivity index (χ2n) is 2.88. The van der Waals surface area contributed by atoms with Gasteiger partial charge in [-0.25, -0.2) is 8.78 Å². The normalized spacial score (nSPS) is 14.9. The summed E-state index contributed by atoms with van der Waals surface area (Å²) in [4.78, 5) is 8.38. The summed E-state index contributed by atoms with van der Waals surface area (Å²) < 4.78 is 84.6. The molecule has 11 heteroatoms. The quantitative estimate of drug-likeness (QED) is 0.442. The fraction of sp³-hybridized carbons (Fsp3) is 0. The van der Waals surface area contributed by atoms with Crippen LogP contribution >= 0.6 is 0 Å². The van der Waals surface area contributed by atoms with Gasteiger partial charge < -0.3 is 9.90 Å². The molecule has 0 aliphatic heterocycles. The number of carboxylic acids is 1. The van der Waals surface area contributed by atoms with Gasteiger partial charge in [0.2, 0.25) is 0 Å². The SMILES string of the molecule is OC(=[OH+])c1c(F)cccc1F.[F][Sb-]([F])([F])([F])([F])[F]. The van der Waals surface area contributed by atoms with Gasteiger partial charge in [-0.2, -0.15) is 0 Å². The van der Waals surface area contributed by atoms with E-state index in [1.165, 1.54) is 0 Å². The van der Waals surface area contributed by atoms with Gasteiger partial charge >= 0.3 is 42.3 Å². The summed E-state index contributed by atoms with van der Waals surface area (Å²) in [5.41, 5.74) is -0.799. The van der Waals surface area contributed by atoms with Gasteiger partial charge in [0.15, 0.2) is 5.56 Å². The third kappa shape index (κ3) is 10.1. The van der Waals surface area contributed by atoms with E-state index in [2.05, 4.69) is 0 Å². The van der Waals surface area contributed by atoms with Gasteiger partial charge in [0.05, 0.1) is 0 Å². The van der Waals surface area contributed by atoms with Crippen molar-refractivity contribution in [2.75, 3.05) is 0 Å². The van der Waals surface area contributed by atoms with Crippen LogP contribution in [0, 0.1) is 11.6 Å². The molecule has 18 heavy (non-hydrogen) atoms. The van der Waals surface area contributed by atoms with Crippen LogP contribution in [0.2, 0.25) is 0 Å². The molecule has 106 valence electrons. The Morgan fingerprint density at radius 3 is 1.39 bits per heavy atom. The van der Waals surface area contributed by atoms with Crippen molar-refractivity contribution in [3.63, 3.8) is 0 Å². The van der Waals surface area contributed by atoms with E-state index < -0.39 is 42.6 Å². The zero-order chi connectivity index (χ0) is 14.8. The van der Waals surface area contributed by atoms with Gasteiger partial charge in [0.25, 0.3) is 0 Å². The minimum absolute atomic E-state index is 0.799. The summed E-state index contributed by atoms with van der Waals surface area (Å²) in [5, 5.41) is 8.38. The predicted octanol–water partition coefficient (Wildman–Crippen LogP) is 3.51. The average Bonchev–Trinajstić information content (AvgIpc) is 1.95. The molecule has 0 unspecified atom stereocenters. The predicted molar refractivity (Wildman–Crippen MR) is 47.4 cm³/mol. The molecule has 0 spiro atoms. The molecule has 0 radical (unpaired) electrons. The second-order valence-corrected chi connectivity index (χ2v) is 8.35. The van der Waals surface area contributed by atoms with Crippen LogP contribution in [0.5, 0.6) is 0 Å². The molecule has 0 fully saturated rings. The molecule has 0 heterocycles. The first-order valence-corrected chi connectivity index (χ1v) is 9.62. The molecule has 0 saturated heterocycles. The fourth-order valence-corrected chi connectivity index (χ4v) is 0.711. The molecule has 0 amide bonds. The number of hydrogen-bond donors (Lipinski definition) is 1. The zero-order valence-corrected chi connectivity index (χ0v) is 10.7. The average molecular weight is 395 g/mol. The van der Waals surface area contributed by atoms with E-state index in [4.69, 9.17) is 9.90 Å². The van der Waals surface area contributed by atoms with Crippen LogP contribution < -0.4 is 0 Å². The number of hydrogen-bond acceptors (Lipinski definition) is 0. The first kappa shape index (κ1) is 16.9. The third-order valence-electron chi connectivity index (χ3n) is 1.19. The number of rotatable bonds is 1. The van der Waals surface area contributed by atoms with Gasteiger partial charge in [0.1, 0.15) is 11.6 Å². The topological polar surface area (TPSA) is 41.6 Å². The Hall–Kier alpha value is -1.05. The summed E-state index contributed by atoms with van der Waals surface area (Å²) >= 11 is -11.2. The first-order chi connectivity index (χ1) is 7.58. The fourth-order valence-electron chi connectivity index (χ4n) is 0.711. The van der Waals surface area contributed by atoms with Crippen LogP contribution in [0.25, 0.3) is 0 Å². The van der Waals surface area contributed by atoms with Crippen LogP contribution in [0.3, 0.4) is 0 Å². The number of benzene rings is 1. The number of aromatic carboxylic acids is 1. The van der Waals surface area contributed by atoms with E-state index in [-0.39, 0.29) is 0 Å². The molecular formula is C7H5F8O2Sb. The van der Waals surface area contributed by atoms with E-state index in [0.29, 0.717) is 0 Å². The molecule has 0 atom stereocenters. The maximum atomic E-state index is 12.5. The van der Waals surface area contributed by atoms with Gasteiger partial charge in [-0.3, -0.25) is 0 Å². The number of halogens is 8. The first-order valence-electron chi connectivity index (χ1n) is 3.83.